The van der Waals surface area contributed by atoms with Gasteiger partial charge in [0.05, 0.1) is 5.69 Å². The van der Waals surface area contributed by atoms with Gasteiger partial charge in [0.25, 0.3) is 0 Å². The maximum absolute atomic E-state index is 6.09. The fourth-order valence-electron chi connectivity index (χ4n) is 1.36. The summed E-state index contributed by atoms with van der Waals surface area (Å²) in [7, 11) is 0. The molecule has 0 unspecified atom stereocenters. The molecule has 0 aliphatic heterocycles. The third-order valence-electron chi connectivity index (χ3n) is 2.23. The first-order valence-corrected chi connectivity index (χ1v) is 6.88. The Balaban J connectivity index is 2.33. The summed E-state index contributed by atoms with van der Waals surface area (Å²) in [4.78, 5) is 4.30. The van der Waals surface area contributed by atoms with Gasteiger partial charge in [0.15, 0.2) is 0 Å². The number of aryl methyl sites for hydroxylation is 1. The van der Waals surface area contributed by atoms with Crippen LogP contribution in [0.25, 0.3) is 0 Å². The summed E-state index contributed by atoms with van der Waals surface area (Å²) in [5.74, 6) is 0.764. The molecule has 0 saturated heterocycles. The molecule has 88 valence electrons. The maximum atomic E-state index is 6.09. The van der Waals surface area contributed by atoms with Crippen LogP contribution >= 0.6 is 43.5 Å². The van der Waals surface area contributed by atoms with Crippen molar-refractivity contribution >= 4 is 55.0 Å². The summed E-state index contributed by atoms with van der Waals surface area (Å²) < 4.78 is 1.75. The average Bonchev–Trinajstić information content (AvgIpc) is 2.26. The summed E-state index contributed by atoms with van der Waals surface area (Å²) in [5, 5.41) is 3.94. The molecule has 0 atom stereocenters. The minimum atomic E-state index is 0.727. The van der Waals surface area contributed by atoms with Crippen LogP contribution in [0.4, 0.5) is 11.5 Å². The van der Waals surface area contributed by atoms with Crippen LogP contribution < -0.4 is 5.32 Å². The lowest BCUT2D eigenvalue weighted by molar-refractivity contribution is 1.26. The number of benzene rings is 1. The molecule has 2 rings (SSSR count). The summed E-state index contributed by atoms with van der Waals surface area (Å²) in [6.07, 6.45) is 0. The molecule has 2 aromatic rings. The molecular weight excluding hydrogens is 367 g/mol. The molecule has 0 spiro atoms. The molecule has 1 aromatic carbocycles. The van der Waals surface area contributed by atoms with Crippen molar-refractivity contribution in [3.63, 3.8) is 0 Å². The Bertz CT molecular complexity index is 558. The van der Waals surface area contributed by atoms with Crippen molar-refractivity contribution in [3.8, 4) is 0 Å². The highest BCUT2D eigenvalue weighted by atomic mass is 79.9. The van der Waals surface area contributed by atoms with Gasteiger partial charge in [0.1, 0.15) is 10.4 Å². The van der Waals surface area contributed by atoms with E-state index >= 15 is 0 Å². The zero-order valence-electron chi connectivity index (χ0n) is 8.97. The van der Waals surface area contributed by atoms with Crippen molar-refractivity contribution in [2.45, 2.75) is 6.92 Å². The van der Waals surface area contributed by atoms with Gasteiger partial charge in [-0.2, -0.15) is 0 Å². The van der Waals surface area contributed by atoms with E-state index in [-0.39, 0.29) is 0 Å². The fraction of sp³-hybridized carbons (Fsp3) is 0.0833. The van der Waals surface area contributed by atoms with E-state index in [0.29, 0.717) is 0 Å². The second-order valence-electron chi connectivity index (χ2n) is 3.55. The first-order chi connectivity index (χ1) is 8.06. The highest BCUT2D eigenvalue weighted by Gasteiger charge is 2.05. The predicted octanol–water partition coefficient (Wildman–Crippen LogP) is 5.31. The molecule has 0 fully saturated rings. The number of hydrogen-bond donors (Lipinski definition) is 1. The van der Waals surface area contributed by atoms with Crippen LogP contribution in [0.3, 0.4) is 0 Å². The molecular formula is C12H9Br2ClN2. The molecule has 1 N–H and O–H groups in total. The number of rotatable bonds is 2. The van der Waals surface area contributed by atoms with Gasteiger partial charge in [-0.3, -0.25) is 0 Å². The first kappa shape index (κ1) is 12.9. The van der Waals surface area contributed by atoms with Gasteiger partial charge in [-0.05, 0) is 68.6 Å². The van der Waals surface area contributed by atoms with E-state index in [0.717, 1.165) is 31.2 Å². The summed E-state index contributed by atoms with van der Waals surface area (Å²) in [6.45, 7) is 1.97. The smallest absolute Gasteiger partial charge is 0.131 e. The Morgan fingerprint density at radius 3 is 2.71 bits per heavy atom. The summed E-state index contributed by atoms with van der Waals surface area (Å²) >= 11 is 12.9. The molecule has 0 aliphatic carbocycles. The lowest BCUT2D eigenvalue weighted by Gasteiger charge is -2.10. The van der Waals surface area contributed by atoms with E-state index in [1.54, 1.807) is 0 Å². The fourth-order valence-corrected chi connectivity index (χ4v) is 2.42. The predicted molar refractivity (Wildman–Crippen MR) is 79.1 cm³/mol. The van der Waals surface area contributed by atoms with E-state index < -0.39 is 0 Å². The highest BCUT2D eigenvalue weighted by molar-refractivity contribution is 9.10. The Kier molecular flexibility index (Phi) is 4.07. The topological polar surface area (TPSA) is 24.9 Å². The van der Waals surface area contributed by atoms with Crippen molar-refractivity contribution in [2.24, 2.45) is 0 Å². The number of nitrogens with one attached hydrogen (secondary N) is 1. The van der Waals surface area contributed by atoms with Gasteiger partial charge in [-0.1, -0.05) is 17.7 Å². The van der Waals surface area contributed by atoms with Crippen LogP contribution in [0.15, 0.2) is 39.4 Å². The zero-order chi connectivity index (χ0) is 12.4. The SMILES string of the molecule is Cc1cc(Br)c(Nc2cccc(Br)n2)cc1Cl. The quantitative estimate of drug-likeness (QED) is 0.718. The third kappa shape index (κ3) is 3.21. The van der Waals surface area contributed by atoms with E-state index in [2.05, 4.69) is 42.2 Å². The second-order valence-corrected chi connectivity index (χ2v) is 5.63. The Hall–Kier alpha value is -0.580. The van der Waals surface area contributed by atoms with Gasteiger partial charge >= 0.3 is 0 Å². The van der Waals surface area contributed by atoms with Gasteiger partial charge < -0.3 is 5.32 Å². The van der Waals surface area contributed by atoms with Crippen LogP contribution in [0.1, 0.15) is 5.56 Å². The molecule has 0 radical (unpaired) electrons. The Morgan fingerprint density at radius 2 is 2.00 bits per heavy atom. The molecule has 1 aromatic heterocycles. The van der Waals surface area contributed by atoms with E-state index in [9.17, 15) is 0 Å². The maximum Gasteiger partial charge on any atom is 0.131 e. The van der Waals surface area contributed by atoms with Crippen molar-refractivity contribution < 1.29 is 0 Å². The number of anilines is 2. The molecule has 1 heterocycles. The van der Waals surface area contributed by atoms with Gasteiger partial charge in [0, 0.05) is 9.50 Å². The molecule has 5 heteroatoms. The Morgan fingerprint density at radius 1 is 1.24 bits per heavy atom. The van der Waals surface area contributed by atoms with E-state index in [1.807, 2.05) is 37.3 Å². The molecule has 0 aliphatic rings. The molecule has 0 bridgehead atoms. The lowest BCUT2D eigenvalue weighted by atomic mass is 10.2. The monoisotopic (exact) mass is 374 g/mol. The molecule has 0 amide bonds. The highest BCUT2D eigenvalue weighted by Crippen LogP contribution is 2.31. The number of pyridine rings is 1. The van der Waals surface area contributed by atoms with E-state index in [4.69, 9.17) is 11.6 Å². The largest absolute Gasteiger partial charge is 0.339 e. The minimum absolute atomic E-state index is 0.727. The zero-order valence-corrected chi connectivity index (χ0v) is 12.9. The molecule has 17 heavy (non-hydrogen) atoms. The third-order valence-corrected chi connectivity index (χ3v) is 3.73. The first-order valence-electron chi connectivity index (χ1n) is 4.91. The average molecular weight is 376 g/mol. The molecule has 2 nitrogen and oxygen atoms in total. The summed E-state index contributed by atoms with van der Waals surface area (Å²) in [5.41, 5.74) is 1.93. The van der Waals surface area contributed by atoms with Crippen molar-refractivity contribution in [3.05, 3.63) is 50.0 Å². The van der Waals surface area contributed by atoms with Gasteiger partial charge in [0.2, 0.25) is 0 Å². The van der Waals surface area contributed by atoms with Crippen molar-refractivity contribution in [1.29, 1.82) is 0 Å². The lowest BCUT2D eigenvalue weighted by Crippen LogP contribution is -1.95. The number of aromatic nitrogens is 1. The Labute approximate surface area is 122 Å². The van der Waals surface area contributed by atoms with Crippen LogP contribution in [-0.2, 0) is 0 Å². The number of hydrogen-bond acceptors (Lipinski definition) is 2. The number of nitrogens with zero attached hydrogens (tertiary/aromatic N) is 1. The second kappa shape index (κ2) is 5.38. The standard InChI is InChI=1S/C12H9Br2ClN2/c1-7-5-8(13)10(6-9(7)15)16-12-4-2-3-11(14)17-12/h2-6H,1H3,(H,16,17). The van der Waals surface area contributed by atoms with Crippen LogP contribution in [0.2, 0.25) is 5.02 Å². The molecule has 0 saturated carbocycles. The minimum Gasteiger partial charge on any atom is -0.339 e. The summed E-state index contributed by atoms with van der Waals surface area (Å²) in [6, 6.07) is 9.54. The van der Waals surface area contributed by atoms with Gasteiger partial charge in [-0.25, -0.2) is 4.98 Å². The normalized spacial score (nSPS) is 10.4. The van der Waals surface area contributed by atoms with Crippen LogP contribution in [0.5, 0.6) is 0 Å². The van der Waals surface area contributed by atoms with E-state index in [1.165, 1.54) is 0 Å². The van der Waals surface area contributed by atoms with Crippen molar-refractivity contribution in [2.75, 3.05) is 5.32 Å². The van der Waals surface area contributed by atoms with Gasteiger partial charge in [-0.15, -0.1) is 0 Å². The van der Waals surface area contributed by atoms with Crippen molar-refractivity contribution in [1.82, 2.24) is 4.98 Å². The van der Waals surface area contributed by atoms with Crippen LogP contribution in [-0.4, -0.2) is 4.98 Å². The van der Waals surface area contributed by atoms with Crippen LogP contribution in [0, 0.1) is 6.92 Å². The number of halogens is 3.